The number of H-pyrrole nitrogens is 1. The summed E-state index contributed by atoms with van der Waals surface area (Å²) in [7, 11) is 0. The Kier molecular flexibility index (Phi) is 2.64. The van der Waals surface area contributed by atoms with Gasteiger partial charge in [0.25, 0.3) is 5.56 Å². The number of nitrogens with zero attached hydrogens (tertiary/aromatic N) is 1. The zero-order chi connectivity index (χ0) is 14.3. The van der Waals surface area contributed by atoms with Crippen LogP contribution >= 0.6 is 0 Å². The highest BCUT2D eigenvalue weighted by molar-refractivity contribution is 5.77. The number of aromatic hydroxyl groups is 1. The molecule has 0 saturated carbocycles. The van der Waals surface area contributed by atoms with E-state index in [4.69, 9.17) is 0 Å². The molecule has 0 radical (unpaired) electrons. The molecule has 100 valence electrons. The number of benzene rings is 2. The van der Waals surface area contributed by atoms with Crippen molar-refractivity contribution < 1.29 is 9.50 Å². The van der Waals surface area contributed by atoms with Gasteiger partial charge in [0.1, 0.15) is 11.6 Å². The number of rotatable bonds is 1. The average molecular weight is 272 g/mol. The van der Waals surface area contributed by atoms with Gasteiger partial charge in [0, 0.05) is 0 Å². The van der Waals surface area contributed by atoms with Crippen molar-refractivity contribution in [1.82, 2.24) is 9.55 Å². The lowest BCUT2D eigenvalue weighted by Crippen LogP contribution is -2.33. The lowest BCUT2D eigenvalue weighted by Gasteiger charge is -2.07. The molecule has 0 aliphatic rings. The van der Waals surface area contributed by atoms with Crippen molar-refractivity contribution in [3.63, 3.8) is 0 Å². The van der Waals surface area contributed by atoms with E-state index in [2.05, 4.69) is 4.98 Å². The van der Waals surface area contributed by atoms with Crippen molar-refractivity contribution in [2.75, 3.05) is 0 Å². The quantitative estimate of drug-likeness (QED) is 0.705. The zero-order valence-corrected chi connectivity index (χ0v) is 10.1. The summed E-state index contributed by atoms with van der Waals surface area (Å²) in [5.74, 6) is -0.790. The SMILES string of the molecule is O=c1[nH]c2ccc(F)cc2c(=O)n1-c1ccccc1O. The molecular formula is C14H9FN2O3. The Morgan fingerprint density at radius 1 is 1.10 bits per heavy atom. The second kappa shape index (κ2) is 4.34. The highest BCUT2D eigenvalue weighted by atomic mass is 19.1. The van der Waals surface area contributed by atoms with E-state index in [9.17, 15) is 19.1 Å². The highest BCUT2D eigenvalue weighted by Gasteiger charge is 2.12. The summed E-state index contributed by atoms with van der Waals surface area (Å²) in [5, 5.41) is 9.79. The number of aromatic amines is 1. The third-order valence-corrected chi connectivity index (χ3v) is 2.98. The summed E-state index contributed by atoms with van der Waals surface area (Å²) in [6.45, 7) is 0. The number of phenolic OH excluding ortho intramolecular Hbond substituents is 1. The van der Waals surface area contributed by atoms with Crippen LogP contribution in [0.3, 0.4) is 0 Å². The number of phenols is 1. The van der Waals surface area contributed by atoms with Gasteiger partial charge in [-0.05, 0) is 30.3 Å². The fourth-order valence-electron chi connectivity index (χ4n) is 2.06. The molecule has 0 amide bonds. The molecule has 20 heavy (non-hydrogen) atoms. The molecule has 6 heteroatoms. The zero-order valence-electron chi connectivity index (χ0n) is 10.1. The van der Waals surface area contributed by atoms with Crippen LogP contribution in [-0.4, -0.2) is 14.7 Å². The van der Waals surface area contributed by atoms with Crippen LogP contribution in [0, 0.1) is 5.82 Å². The molecule has 0 spiro atoms. The third kappa shape index (κ3) is 1.78. The van der Waals surface area contributed by atoms with E-state index in [0.717, 1.165) is 16.7 Å². The number of hydrogen-bond acceptors (Lipinski definition) is 3. The van der Waals surface area contributed by atoms with Crippen molar-refractivity contribution in [3.8, 4) is 11.4 Å². The molecule has 0 saturated heterocycles. The first-order valence-corrected chi connectivity index (χ1v) is 5.81. The summed E-state index contributed by atoms with van der Waals surface area (Å²) in [6.07, 6.45) is 0. The van der Waals surface area contributed by atoms with E-state index < -0.39 is 17.1 Å². The van der Waals surface area contributed by atoms with Gasteiger partial charge >= 0.3 is 5.69 Å². The molecule has 3 aromatic rings. The molecule has 1 aromatic heterocycles. The first kappa shape index (κ1) is 12.2. The lowest BCUT2D eigenvalue weighted by molar-refractivity contribution is 0.471. The van der Waals surface area contributed by atoms with Gasteiger partial charge in [-0.3, -0.25) is 4.79 Å². The smallest absolute Gasteiger partial charge is 0.333 e. The third-order valence-electron chi connectivity index (χ3n) is 2.98. The summed E-state index contributed by atoms with van der Waals surface area (Å²) < 4.78 is 14.0. The molecule has 0 aliphatic carbocycles. The fourth-order valence-corrected chi connectivity index (χ4v) is 2.06. The van der Waals surface area contributed by atoms with E-state index in [1.165, 1.54) is 18.2 Å². The Morgan fingerprint density at radius 3 is 2.60 bits per heavy atom. The summed E-state index contributed by atoms with van der Waals surface area (Å²) in [6, 6.07) is 9.46. The maximum absolute atomic E-state index is 13.2. The molecule has 0 fully saturated rings. The summed E-state index contributed by atoms with van der Waals surface area (Å²) in [4.78, 5) is 26.8. The van der Waals surface area contributed by atoms with E-state index in [1.807, 2.05) is 0 Å². The van der Waals surface area contributed by atoms with Gasteiger partial charge in [0.2, 0.25) is 0 Å². The van der Waals surface area contributed by atoms with Gasteiger partial charge < -0.3 is 10.1 Å². The molecule has 1 heterocycles. The second-order valence-electron chi connectivity index (χ2n) is 4.25. The standard InChI is InChI=1S/C14H9FN2O3/c15-8-5-6-10-9(7-8)13(19)17(14(20)16-10)11-3-1-2-4-12(11)18/h1-7,18H,(H,16,20). The van der Waals surface area contributed by atoms with Crippen LogP contribution in [0.4, 0.5) is 4.39 Å². The van der Waals surface area contributed by atoms with Gasteiger partial charge in [0.15, 0.2) is 0 Å². The molecule has 0 atom stereocenters. The van der Waals surface area contributed by atoms with Crippen molar-refractivity contribution in [1.29, 1.82) is 0 Å². The van der Waals surface area contributed by atoms with Crippen molar-refractivity contribution in [2.24, 2.45) is 0 Å². The maximum atomic E-state index is 13.2. The van der Waals surface area contributed by atoms with Gasteiger partial charge in [-0.2, -0.15) is 0 Å². The molecule has 0 aliphatic heterocycles. The highest BCUT2D eigenvalue weighted by Crippen LogP contribution is 2.18. The fraction of sp³-hybridized carbons (Fsp3) is 0. The molecule has 0 bridgehead atoms. The first-order chi connectivity index (χ1) is 9.58. The Balaban J connectivity index is 2.46. The number of hydrogen-bond donors (Lipinski definition) is 2. The van der Waals surface area contributed by atoms with Crippen molar-refractivity contribution >= 4 is 10.9 Å². The summed E-state index contributed by atoms with van der Waals surface area (Å²) >= 11 is 0. The summed E-state index contributed by atoms with van der Waals surface area (Å²) in [5.41, 5.74) is -1.10. The van der Waals surface area contributed by atoms with Crippen LogP contribution in [0.25, 0.3) is 16.6 Å². The first-order valence-electron chi connectivity index (χ1n) is 5.81. The maximum Gasteiger partial charge on any atom is 0.333 e. The van der Waals surface area contributed by atoms with Crippen LogP contribution in [0.1, 0.15) is 0 Å². The second-order valence-corrected chi connectivity index (χ2v) is 4.25. The minimum atomic E-state index is -0.699. The van der Waals surface area contributed by atoms with Crippen molar-refractivity contribution in [2.45, 2.75) is 0 Å². The molecule has 5 nitrogen and oxygen atoms in total. The van der Waals surface area contributed by atoms with E-state index in [0.29, 0.717) is 0 Å². The number of halogens is 1. The van der Waals surface area contributed by atoms with Crippen LogP contribution < -0.4 is 11.2 Å². The molecular weight excluding hydrogens is 263 g/mol. The Bertz CT molecular complexity index is 928. The topological polar surface area (TPSA) is 75.1 Å². The van der Waals surface area contributed by atoms with Crippen LogP contribution in [0.15, 0.2) is 52.1 Å². The minimum absolute atomic E-state index is 0.0350. The largest absolute Gasteiger partial charge is 0.506 e. The lowest BCUT2D eigenvalue weighted by atomic mass is 10.2. The average Bonchev–Trinajstić information content (AvgIpc) is 2.42. The van der Waals surface area contributed by atoms with E-state index in [1.54, 1.807) is 12.1 Å². The van der Waals surface area contributed by atoms with Crippen LogP contribution in [0.2, 0.25) is 0 Å². The predicted octanol–water partition coefficient (Wildman–Crippen LogP) is 1.52. The molecule has 2 aromatic carbocycles. The Labute approximate surface area is 111 Å². The van der Waals surface area contributed by atoms with Crippen LogP contribution in [-0.2, 0) is 0 Å². The normalized spacial score (nSPS) is 10.8. The molecule has 2 N–H and O–H groups in total. The van der Waals surface area contributed by atoms with Gasteiger partial charge in [-0.25, -0.2) is 13.8 Å². The number of aromatic nitrogens is 2. The Hall–Kier alpha value is -2.89. The van der Waals surface area contributed by atoms with Gasteiger partial charge in [0.05, 0.1) is 16.6 Å². The number of nitrogens with one attached hydrogen (secondary N) is 1. The molecule has 0 unspecified atom stereocenters. The van der Waals surface area contributed by atoms with Gasteiger partial charge in [-0.15, -0.1) is 0 Å². The number of para-hydroxylation sites is 2. The van der Waals surface area contributed by atoms with Crippen LogP contribution in [0.5, 0.6) is 5.75 Å². The Morgan fingerprint density at radius 2 is 1.85 bits per heavy atom. The number of fused-ring (bicyclic) bond motifs is 1. The predicted molar refractivity (Wildman–Crippen MR) is 71.8 cm³/mol. The van der Waals surface area contributed by atoms with Gasteiger partial charge in [-0.1, -0.05) is 12.1 Å². The molecule has 3 rings (SSSR count). The monoisotopic (exact) mass is 272 g/mol. The van der Waals surface area contributed by atoms with E-state index >= 15 is 0 Å². The van der Waals surface area contributed by atoms with E-state index in [-0.39, 0.29) is 22.3 Å². The van der Waals surface area contributed by atoms with Crippen molar-refractivity contribution in [3.05, 3.63) is 69.1 Å². The minimum Gasteiger partial charge on any atom is -0.506 e.